The molecule has 0 fully saturated rings. The van der Waals surface area contributed by atoms with Crippen LogP contribution < -0.4 is 20.9 Å². The molecule has 2 aromatic carbocycles. The molecule has 0 spiro atoms. The van der Waals surface area contributed by atoms with Crippen molar-refractivity contribution in [2.45, 2.75) is 26.7 Å². The van der Waals surface area contributed by atoms with Gasteiger partial charge < -0.3 is 18.4 Å². The molecule has 0 saturated heterocycles. The van der Waals surface area contributed by atoms with Gasteiger partial charge in [-0.2, -0.15) is 8.78 Å². The van der Waals surface area contributed by atoms with Crippen LogP contribution in [0.25, 0.3) is 11.5 Å². The molecule has 1 N–H and O–H groups in total. The molecule has 2 heterocycles. The summed E-state index contributed by atoms with van der Waals surface area (Å²) >= 11 is 0. The molecule has 0 bridgehead atoms. The fourth-order valence-corrected chi connectivity index (χ4v) is 2.93. The molecule has 32 heavy (non-hydrogen) atoms. The predicted octanol–water partition coefficient (Wildman–Crippen LogP) is 3.32. The Bertz CT molecular complexity index is 1320. The van der Waals surface area contributed by atoms with Gasteiger partial charge >= 0.3 is 18.1 Å². The molecule has 4 aromatic rings. The summed E-state index contributed by atoms with van der Waals surface area (Å²) in [5.41, 5.74) is 1.21. The molecule has 0 aliphatic heterocycles. The number of benzene rings is 2. The van der Waals surface area contributed by atoms with Gasteiger partial charge in [-0.15, -0.1) is 4.74 Å². The smallest absolute Gasteiger partial charge is 0.440 e. The maximum atomic E-state index is 12.3. The van der Waals surface area contributed by atoms with E-state index in [-0.39, 0.29) is 18.9 Å². The Balaban J connectivity index is 1.43. The Kier molecular flexibility index (Phi) is 5.88. The summed E-state index contributed by atoms with van der Waals surface area (Å²) in [5.74, 6) is 0.600. The van der Waals surface area contributed by atoms with Crippen molar-refractivity contribution in [3.05, 3.63) is 86.6 Å². The molecule has 0 atom stereocenters. The number of hydrogen-bond donors (Lipinski definition) is 1. The number of H-pyrrole nitrogens is 1. The van der Waals surface area contributed by atoms with Crippen LogP contribution in [0.1, 0.15) is 17.0 Å². The van der Waals surface area contributed by atoms with Crippen LogP contribution in [0, 0.1) is 6.92 Å². The summed E-state index contributed by atoms with van der Waals surface area (Å²) in [5, 5.41) is 0. The maximum absolute atomic E-state index is 12.3. The van der Waals surface area contributed by atoms with Crippen LogP contribution in [0.5, 0.6) is 11.5 Å². The second-order valence-electron chi connectivity index (χ2n) is 6.71. The maximum Gasteiger partial charge on any atom is 0.440 e. The average molecular weight is 445 g/mol. The summed E-state index contributed by atoms with van der Waals surface area (Å²) in [7, 11) is 0. The third kappa shape index (κ3) is 4.94. The van der Waals surface area contributed by atoms with Gasteiger partial charge in [0, 0.05) is 5.56 Å². The average Bonchev–Trinajstić information content (AvgIpc) is 3.27. The lowest BCUT2D eigenvalue weighted by Gasteiger charge is -2.06. The number of halogens is 2. The van der Waals surface area contributed by atoms with E-state index in [2.05, 4.69) is 9.72 Å². The third-order valence-electron chi connectivity index (χ3n) is 4.45. The van der Waals surface area contributed by atoms with Crippen LogP contribution in [-0.4, -0.2) is 21.3 Å². The standard InChI is InChI=1S/C21H17F2N3O6/c1-12-17(24-18(30-12)14-5-7-15(8-6-14)31-19(22)23)11-29-16-4-2-3-13(9-16)10-26-20(27)25-21(28)32-26/h2-9,19H,10-11H2,1H3,(H,25,27,28). The molecule has 4 rings (SSSR count). The van der Waals surface area contributed by atoms with E-state index in [0.717, 1.165) is 4.74 Å². The number of alkyl halides is 2. The van der Waals surface area contributed by atoms with Gasteiger partial charge in [0.25, 0.3) is 0 Å². The molecule has 0 aliphatic rings. The Morgan fingerprint density at radius 1 is 1.12 bits per heavy atom. The number of ether oxygens (including phenoxy) is 2. The van der Waals surface area contributed by atoms with E-state index in [1.165, 1.54) is 12.1 Å². The summed E-state index contributed by atoms with van der Waals surface area (Å²) < 4.78 is 46.0. The van der Waals surface area contributed by atoms with Crippen LogP contribution in [0.4, 0.5) is 8.78 Å². The first kappa shape index (κ1) is 21.1. The van der Waals surface area contributed by atoms with Crippen molar-refractivity contribution in [2.24, 2.45) is 0 Å². The number of hydrogen-bond acceptors (Lipinski definition) is 7. The Hall–Kier alpha value is -4.15. The van der Waals surface area contributed by atoms with Crippen LogP contribution >= 0.6 is 0 Å². The molecular weight excluding hydrogens is 428 g/mol. The molecule has 2 aromatic heterocycles. The zero-order chi connectivity index (χ0) is 22.7. The van der Waals surface area contributed by atoms with E-state index in [1.54, 1.807) is 43.3 Å². The number of aromatic amines is 1. The van der Waals surface area contributed by atoms with Gasteiger partial charge in [-0.1, -0.05) is 12.1 Å². The second kappa shape index (κ2) is 8.92. The molecule has 0 aliphatic carbocycles. The van der Waals surface area contributed by atoms with Gasteiger partial charge in [-0.3, -0.25) is 0 Å². The van der Waals surface area contributed by atoms with Crippen molar-refractivity contribution in [3.63, 3.8) is 0 Å². The van der Waals surface area contributed by atoms with Gasteiger partial charge in [-0.05, 0) is 48.9 Å². The van der Waals surface area contributed by atoms with Gasteiger partial charge in [0.05, 0.1) is 6.54 Å². The second-order valence-corrected chi connectivity index (χ2v) is 6.71. The number of oxazole rings is 1. The van der Waals surface area contributed by atoms with Gasteiger partial charge in [0.1, 0.15) is 29.6 Å². The van der Waals surface area contributed by atoms with E-state index in [9.17, 15) is 18.4 Å². The topological polar surface area (TPSA) is 112 Å². The lowest BCUT2D eigenvalue weighted by Crippen LogP contribution is -2.17. The van der Waals surface area contributed by atoms with E-state index < -0.39 is 18.1 Å². The fraction of sp³-hybridized carbons (Fsp3) is 0.190. The number of nitrogens with zero attached hydrogens (tertiary/aromatic N) is 2. The van der Waals surface area contributed by atoms with Crippen LogP contribution in [0.2, 0.25) is 0 Å². The Labute approximate surface area is 178 Å². The van der Waals surface area contributed by atoms with Crippen LogP contribution in [0.15, 0.2) is 67.1 Å². The molecule has 0 amide bonds. The Morgan fingerprint density at radius 2 is 1.91 bits per heavy atom. The highest BCUT2D eigenvalue weighted by molar-refractivity contribution is 5.55. The summed E-state index contributed by atoms with van der Waals surface area (Å²) in [6.07, 6.45) is 0. The summed E-state index contributed by atoms with van der Waals surface area (Å²) in [4.78, 5) is 29.1. The van der Waals surface area contributed by atoms with Crippen molar-refractivity contribution < 1.29 is 27.2 Å². The van der Waals surface area contributed by atoms with E-state index in [4.69, 9.17) is 13.7 Å². The quantitative estimate of drug-likeness (QED) is 0.443. The number of aromatic nitrogens is 3. The minimum atomic E-state index is -2.89. The van der Waals surface area contributed by atoms with E-state index in [1.807, 2.05) is 4.98 Å². The molecule has 11 heteroatoms. The first-order valence-electron chi connectivity index (χ1n) is 9.41. The van der Waals surface area contributed by atoms with Crippen molar-refractivity contribution in [3.8, 4) is 23.0 Å². The van der Waals surface area contributed by atoms with Gasteiger partial charge in [0.15, 0.2) is 0 Å². The summed E-state index contributed by atoms with van der Waals surface area (Å²) in [6.45, 7) is -0.979. The molecule has 0 radical (unpaired) electrons. The highest BCUT2D eigenvalue weighted by Crippen LogP contribution is 2.25. The zero-order valence-corrected chi connectivity index (χ0v) is 16.7. The monoisotopic (exact) mass is 445 g/mol. The van der Waals surface area contributed by atoms with Crippen molar-refractivity contribution >= 4 is 0 Å². The first-order chi connectivity index (χ1) is 15.4. The third-order valence-corrected chi connectivity index (χ3v) is 4.45. The highest BCUT2D eigenvalue weighted by atomic mass is 19.3. The largest absolute Gasteiger partial charge is 0.487 e. The molecule has 0 saturated carbocycles. The lowest BCUT2D eigenvalue weighted by molar-refractivity contribution is -0.0498. The van der Waals surface area contributed by atoms with Gasteiger partial charge in [-0.25, -0.2) is 19.6 Å². The van der Waals surface area contributed by atoms with Gasteiger partial charge in [0.2, 0.25) is 5.89 Å². The minimum absolute atomic E-state index is 0.0386. The number of nitrogens with one attached hydrogen (secondary N) is 1. The van der Waals surface area contributed by atoms with Crippen molar-refractivity contribution in [2.75, 3.05) is 0 Å². The molecule has 166 valence electrons. The molecular formula is C21H17F2N3O6. The molecule has 9 nitrogen and oxygen atoms in total. The first-order valence-corrected chi connectivity index (χ1v) is 9.41. The van der Waals surface area contributed by atoms with E-state index >= 15 is 0 Å². The summed E-state index contributed by atoms with van der Waals surface area (Å²) in [6, 6.07) is 12.9. The number of aryl methyl sites for hydroxylation is 1. The predicted molar refractivity (Wildman–Crippen MR) is 107 cm³/mol. The van der Waals surface area contributed by atoms with Crippen LogP contribution in [0.3, 0.4) is 0 Å². The van der Waals surface area contributed by atoms with E-state index in [0.29, 0.717) is 34.2 Å². The lowest BCUT2D eigenvalue weighted by atomic mass is 10.2. The Morgan fingerprint density at radius 3 is 2.59 bits per heavy atom. The van der Waals surface area contributed by atoms with Crippen molar-refractivity contribution in [1.29, 1.82) is 0 Å². The highest BCUT2D eigenvalue weighted by Gasteiger charge is 2.13. The molecule has 0 unspecified atom stereocenters. The van der Waals surface area contributed by atoms with Crippen molar-refractivity contribution in [1.82, 2.24) is 14.7 Å². The fourth-order valence-electron chi connectivity index (χ4n) is 2.93. The normalized spacial score (nSPS) is 11.1. The SMILES string of the molecule is Cc1oc(-c2ccc(OC(F)F)cc2)nc1COc1cccc(Cn2oc(=O)[nH]c2=O)c1. The number of rotatable bonds is 8. The minimum Gasteiger partial charge on any atom is -0.487 e. The zero-order valence-electron chi connectivity index (χ0n) is 16.7. The van der Waals surface area contributed by atoms with Crippen LogP contribution in [-0.2, 0) is 13.2 Å².